The van der Waals surface area contributed by atoms with Crippen molar-refractivity contribution < 1.29 is 22.3 Å². The van der Waals surface area contributed by atoms with Gasteiger partial charge < -0.3 is 20.1 Å². The molecule has 0 saturated heterocycles. The molecule has 170 valence electrons. The lowest BCUT2D eigenvalue weighted by Crippen LogP contribution is -2.13. The molecule has 32 heavy (non-hydrogen) atoms. The van der Waals surface area contributed by atoms with Crippen LogP contribution in [0.15, 0.2) is 48.7 Å². The minimum Gasteiger partial charge on any atom is -0.491 e. The van der Waals surface area contributed by atoms with Crippen molar-refractivity contribution in [3.05, 3.63) is 60.0 Å². The standard InChI is InChI=1S/C21H24FN5O4S/c1-14-6-4-9-18(19(14)27-32(3,28)29)25-20-17(22)13-23-21(26-20)24-15-7-5-8-16(12-15)31-11-10-30-2/h4-9,12-13,27H,10-11H2,1-3H3,(H2,23,24,25,26). The van der Waals surface area contributed by atoms with Gasteiger partial charge in [-0.25, -0.2) is 17.8 Å². The number of halogens is 1. The number of aromatic nitrogens is 2. The van der Waals surface area contributed by atoms with Crippen molar-refractivity contribution in [1.29, 1.82) is 0 Å². The quantitative estimate of drug-likeness (QED) is 0.391. The highest BCUT2D eigenvalue weighted by Crippen LogP contribution is 2.30. The molecule has 1 heterocycles. The molecule has 0 spiro atoms. The van der Waals surface area contributed by atoms with E-state index in [0.717, 1.165) is 12.5 Å². The summed E-state index contributed by atoms with van der Waals surface area (Å²) in [5.41, 5.74) is 1.97. The third kappa shape index (κ3) is 6.53. The van der Waals surface area contributed by atoms with Gasteiger partial charge in [0, 0.05) is 18.9 Å². The molecule has 3 rings (SSSR count). The van der Waals surface area contributed by atoms with E-state index in [1.165, 1.54) is 0 Å². The van der Waals surface area contributed by atoms with Crippen molar-refractivity contribution in [2.24, 2.45) is 0 Å². The van der Waals surface area contributed by atoms with E-state index in [1.807, 2.05) is 0 Å². The number of rotatable bonds is 10. The van der Waals surface area contributed by atoms with Crippen LogP contribution in [0, 0.1) is 12.7 Å². The van der Waals surface area contributed by atoms with Crippen LogP contribution in [-0.2, 0) is 14.8 Å². The fraction of sp³-hybridized carbons (Fsp3) is 0.238. The Morgan fingerprint density at radius 2 is 1.88 bits per heavy atom. The van der Waals surface area contributed by atoms with Crippen molar-refractivity contribution in [3.8, 4) is 5.75 Å². The Labute approximate surface area is 186 Å². The molecule has 3 aromatic rings. The minimum absolute atomic E-state index is 0.114. The number of aryl methyl sites for hydroxylation is 1. The second-order valence-corrected chi connectivity index (χ2v) is 8.63. The highest BCUT2D eigenvalue weighted by atomic mass is 32.2. The zero-order chi connectivity index (χ0) is 23.1. The number of sulfonamides is 1. The summed E-state index contributed by atoms with van der Waals surface area (Å²) in [5.74, 6) is -0.0341. The summed E-state index contributed by atoms with van der Waals surface area (Å²) < 4.78 is 50.9. The van der Waals surface area contributed by atoms with E-state index in [4.69, 9.17) is 9.47 Å². The molecular weight excluding hydrogens is 437 g/mol. The van der Waals surface area contributed by atoms with Gasteiger partial charge in [0.05, 0.1) is 30.4 Å². The van der Waals surface area contributed by atoms with Gasteiger partial charge in [-0.2, -0.15) is 4.98 Å². The summed E-state index contributed by atoms with van der Waals surface area (Å²) in [6.45, 7) is 2.61. The number of hydrogen-bond donors (Lipinski definition) is 3. The SMILES string of the molecule is COCCOc1cccc(Nc2ncc(F)c(Nc3cccc(C)c3NS(C)(=O)=O)n2)c1. The molecule has 11 heteroatoms. The Morgan fingerprint density at radius 1 is 1.09 bits per heavy atom. The summed E-state index contributed by atoms with van der Waals surface area (Å²) >= 11 is 0. The van der Waals surface area contributed by atoms with Gasteiger partial charge in [0.25, 0.3) is 0 Å². The van der Waals surface area contributed by atoms with E-state index < -0.39 is 15.8 Å². The van der Waals surface area contributed by atoms with Crippen LogP contribution in [0.3, 0.4) is 0 Å². The molecule has 0 atom stereocenters. The zero-order valence-corrected chi connectivity index (χ0v) is 18.7. The Kier molecular flexibility index (Phi) is 7.44. The summed E-state index contributed by atoms with van der Waals surface area (Å²) in [5, 5.41) is 5.85. The van der Waals surface area contributed by atoms with Gasteiger partial charge in [-0.15, -0.1) is 0 Å². The summed E-state index contributed by atoms with van der Waals surface area (Å²) in [6, 6.07) is 12.2. The Bertz CT molecular complexity index is 1190. The lowest BCUT2D eigenvalue weighted by Gasteiger charge is -2.15. The van der Waals surface area contributed by atoms with Gasteiger partial charge in [0.1, 0.15) is 12.4 Å². The molecule has 0 radical (unpaired) electrons. The normalized spacial score (nSPS) is 11.1. The number of anilines is 5. The lowest BCUT2D eigenvalue weighted by molar-refractivity contribution is 0.146. The molecule has 9 nitrogen and oxygen atoms in total. The van der Waals surface area contributed by atoms with E-state index in [0.29, 0.717) is 41.6 Å². The number of para-hydroxylation sites is 1. The number of methoxy groups -OCH3 is 1. The average Bonchev–Trinajstić information content (AvgIpc) is 2.73. The highest BCUT2D eigenvalue weighted by molar-refractivity contribution is 7.92. The minimum atomic E-state index is -3.53. The van der Waals surface area contributed by atoms with Crippen LogP contribution in [0.4, 0.5) is 33.2 Å². The van der Waals surface area contributed by atoms with Gasteiger partial charge in [0.2, 0.25) is 16.0 Å². The largest absolute Gasteiger partial charge is 0.491 e. The fourth-order valence-electron chi connectivity index (χ4n) is 2.77. The lowest BCUT2D eigenvalue weighted by atomic mass is 10.2. The maximum Gasteiger partial charge on any atom is 0.229 e. The van der Waals surface area contributed by atoms with Crippen LogP contribution >= 0.6 is 0 Å². The smallest absolute Gasteiger partial charge is 0.229 e. The van der Waals surface area contributed by atoms with Gasteiger partial charge in [0.15, 0.2) is 11.6 Å². The Hall–Kier alpha value is -3.44. The second kappa shape index (κ2) is 10.2. The third-order valence-corrected chi connectivity index (χ3v) is 4.78. The monoisotopic (exact) mass is 461 g/mol. The first-order valence-electron chi connectivity index (χ1n) is 9.61. The van der Waals surface area contributed by atoms with Crippen molar-refractivity contribution >= 4 is 38.9 Å². The van der Waals surface area contributed by atoms with Crippen molar-refractivity contribution in [2.75, 3.05) is 41.9 Å². The molecule has 0 aliphatic rings. The van der Waals surface area contributed by atoms with Crippen LogP contribution < -0.4 is 20.1 Å². The Balaban J connectivity index is 1.82. The molecule has 0 fully saturated rings. The fourth-order valence-corrected chi connectivity index (χ4v) is 3.41. The number of nitrogens with zero attached hydrogens (tertiary/aromatic N) is 2. The van der Waals surface area contributed by atoms with Crippen LogP contribution in [0.5, 0.6) is 5.75 Å². The highest BCUT2D eigenvalue weighted by Gasteiger charge is 2.14. The molecule has 0 saturated carbocycles. The van der Waals surface area contributed by atoms with E-state index in [2.05, 4.69) is 25.3 Å². The number of ether oxygens (including phenoxy) is 2. The van der Waals surface area contributed by atoms with E-state index >= 15 is 0 Å². The van der Waals surface area contributed by atoms with Crippen molar-refractivity contribution in [1.82, 2.24) is 9.97 Å². The van der Waals surface area contributed by atoms with Gasteiger partial charge in [-0.1, -0.05) is 18.2 Å². The first kappa shape index (κ1) is 23.2. The number of hydrogen-bond acceptors (Lipinski definition) is 8. The van der Waals surface area contributed by atoms with Crippen LogP contribution in [0.25, 0.3) is 0 Å². The van der Waals surface area contributed by atoms with Crippen LogP contribution in [0.1, 0.15) is 5.56 Å². The zero-order valence-electron chi connectivity index (χ0n) is 17.8. The third-order valence-electron chi connectivity index (χ3n) is 4.20. The molecule has 0 unspecified atom stereocenters. The molecule has 3 N–H and O–H groups in total. The van der Waals surface area contributed by atoms with Crippen LogP contribution in [-0.4, -0.2) is 45.0 Å². The van der Waals surface area contributed by atoms with E-state index in [1.54, 1.807) is 56.5 Å². The summed E-state index contributed by atoms with van der Waals surface area (Å²) in [6.07, 6.45) is 2.07. The first-order valence-corrected chi connectivity index (χ1v) is 11.5. The van der Waals surface area contributed by atoms with Gasteiger partial charge in [-0.05, 0) is 30.7 Å². The summed E-state index contributed by atoms with van der Waals surface area (Å²) in [4.78, 5) is 8.16. The summed E-state index contributed by atoms with van der Waals surface area (Å²) in [7, 11) is -1.94. The maximum atomic E-state index is 14.4. The predicted octanol–water partition coefficient (Wildman–Crippen LogP) is 3.81. The average molecular weight is 462 g/mol. The molecule has 0 aliphatic carbocycles. The second-order valence-electron chi connectivity index (χ2n) is 6.88. The first-order chi connectivity index (χ1) is 15.2. The molecule has 0 amide bonds. The topological polar surface area (TPSA) is 114 Å². The van der Waals surface area contributed by atoms with Crippen LogP contribution in [0.2, 0.25) is 0 Å². The number of nitrogens with one attached hydrogen (secondary N) is 3. The Morgan fingerprint density at radius 3 is 2.62 bits per heavy atom. The maximum absolute atomic E-state index is 14.4. The molecule has 0 aliphatic heterocycles. The molecule has 0 bridgehead atoms. The van der Waals surface area contributed by atoms with E-state index in [9.17, 15) is 12.8 Å². The van der Waals surface area contributed by atoms with Gasteiger partial charge in [-0.3, -0.25) is 4.72 Å². The predicted molar refractivity (Wildman–Crippen MR) is 122 cm³/mol. The van der Waals surface area contributed by atoms with Crippen molar-refractivity contribution in [3.63, 3.8) is 0 Å². The van der Waals surface area contributed by atoms with Gasteiger partial charge >= 0.3 is 0 Å². The number of benzene rings is 2. The van der Waals surface area contributed by atoms with E-state index in [-0.39, 0.29) is 11.8 Å². The molecule has 2 aromatic carbocycles. The van der Waals surface area contributed by atoms with Crippen molar-refractivity contribution in [2.45, 2.75) is 6.92 Å². The molecule has 1 aromatic heterocycles. The molecular formula is C21H24FN5O4S.